The molecule has 2 aromatic carbocycles. The second kappa shape index (κ2) is 10.6. The molecule has 2 fully saturated rings. The summed E-state index contributed by atoms with van der Waals surface area (Å²) in [6.45, 7) is 3.92. The molecule has 1 amide bonds. The smallest absolute Gasteiger partial charge is 0.227 e. The van der Waals surface area contributed by atoms with E-state index in [0.29, 0.717) is 42.4 Å². The van der Waals surface area contributed by atoms with Crippen LogP contribution < -0.4 is 0 Å². The molecule has 4 nitrogen and oxygen atoms in total. The van der Waals surface area contributed by atoms with Gasteiger partial charge in [-0.25, -0.2) is 4.39 Å². The number of hydrogen-bond donors (Lipinski definition) is 0. The highest BCUT2D eigenvalue weighted by molar-refractivity contribution is 6.31. The van der Waals surface area contributed by atoms with Gasteiger partial charge in [0.15, 0.2) is 0 Å². The Morgan fingerprint density at radius 2 is 1.81 bits per heavy atom. The van der Waals surface area contributed by atoms with Crippen molar-refractivity contribution < 1.29 is 13.9 Å². The Labute approximate surface area is 188 Å². The lowest BCUT2D eigenvalue weighted by atomic mass is 10.0. The molecule has 0 saturated carbocycles. The molecular weight excluding hydrogens is 415 g/mol. The first kappa shape index (κ1) is 22.3. The lowest BCUT2D eigenvalue weighted by Crippen LogP contribution is -2.49. The lowest BCUT2D eigenvalue weighted by Gasteiger charge is -2.39. The van der Waals surface area contributed by atoms with Gasteiger partial charge in [-0.1, -0.05) is 48.0 Å². The van der Waals surface area contributed by atoms with Crippen LogP contribution in [0.3, 0.4) is 0 Å². The van der Waals surface area contributed by atoms with Gasteiger partial charge in [-0.2, -0.15) is 0 Å². The van der Waals surface area contributed by atoms with Crippen molar-refractivity contribution >= 4 is 17.5 Å². The van der Waals surface area contributed by atoms with Gasteiger partial charge in [0.2, 0.25) is 5.91 Å². The van der Waals surface area contributed by atoms with E-state index < -0.39 is 5.82 Å². The van der Waals surface area contributed by atoms with E-state index in [1.54, 1.807) is 12.1 Å². The summed E-state index contributed by atoms with van der Waals surface area (Å²) >= 11 is 6.09. The van der Waals surface area contributed by atoms with Crippen molar-refractivity contribution in [3.8, 4) is 0 Å². The number of carbonyl (C=O) groups is 1. The second-order valence-electron chi connectivity index (χ2n) is 8.52. The number of carbonyl (C=O) groups excluding carboxylic acids is 1. The number of piperidine rings is 1. The van der Waals surface area contributed by atoms with Crippen LogP contribution in [-0.2, 0) is 22.6 Å². The molecule has 2 saturated heterocycles. The minimum Gasteiger partial charge on any atom is -0.375 e. The van der Waals surface area contributed by atoms with Gasteiger partial charge >= 0.3 is 0 Å². The lowest BCUT2D eigenvalue weighted by molar-refractivity contribution is -0.132. The Morgan fingerprint density at radius 1 is 1.03 bits per heavy atom. The Bertz CT molecular complexity index is 851. The monoisotopic (exact) mass is 444 g/mol. The van der Waals surface area contributed by atoms with Crippen LogP contribution in [0.15, 0.2) is 48.5 Å². The SMILES string of the molecule is O=C(Cc1c(F)cccc1Cl)N1CCC(N2CCCC2COCc2ccccc2)CC1. The fourth-order valence-electron chi connectivity index (χ4n) is 4.82. The Balaban J connectivity index is 1.25. The summed E-state index contributed by atoms with van der Waals surface area (Å²) in [5.74, 6) is -0.458. The zero-order valence-corrected chi connectivity index (χ0v) is 18.6. The number of halogens is 2. The van der Waals surface area contributed by atoms with Gasteiger partial charge in [0.05, 0.1) is 19.6 Å². The summed E-state index contributed by atoms with van der Waals surface area (Å²) in [7, 11) is 0. The maximum Gasteiger partial charge on any atom is 0.227 e. The summed E-state index contributed by atoms with van der Waals surface area (Å²) in [5, 5.41) is 0.318. The predicted octanol–water partition coefficient (Wildman–Crippen LogP) is 4.69. The van der Waals surface area contributed by atoms with Crippen LogP contribution in [-0.4, -0.2) is 54.0 Å². The minimum absolute atomic E-state index is 0.0236. The molecular formula is C25H30ClFN2O2. The molecule has 0 N–H and O–H groups in total. The van der Waals surface area contributed by atoms with E-state index in [1.165, 1.54) is 24.5 Å². The number of likely N-dealkylation sites (tertiary alicyclic amines) is 2. The van der Waals surface area contributed by atoms with Gasteiger partial charge in [-0.3, -0.25) is 9.69 Å². The van der Waals surface area contributed by atoms with Crippen LogP contribution in [0.4, 0.5) is 4.39 Å². The highest BCUT2D eigenvalue weighted by Gasteiger charge is 2.34. The molecule has 2 aromatic rings. The van der Waals surface area contributed by atoms with Crippen molar-refractivity contribution in [2.24, 2.45) is 0 Å². The third kappa shape index (κ3) is 5.65. The number of benzene rings is 2. The van der Waals surface area contributed by atoms with E-state index in [1.807, 2.05) is 23.1 Å². The van der Waals surface area contributed by atoms with Gasteiger partial charge in [0.25, 0.3) is 0 Å². The predicted molar refractivity (Wildman–Crippen MR) is 121 cm³/mol. The van der Waals surface area contributed by atoms with Gasteiger partial charge in [-0.15, -0.1) is 0 Å². The molecule has 0 aromatic heterocycles. The third-order valence-corrected chi connectivity index (χ3v) is 6.87. The zero-order valence-electron chi connectivity index (χ0n) is 17.8. The van der Waals surface area contributed by atoms with Crippen molar-refractivity contribution in [2.75, 3.05) is 26.2 Å². The van der Waals surface area contributed by atoms with Crippen LogP contribution in [0.25, 0.3) is 0 Å². The standard InChI is InChI=1S/C25H30ClFN2O2/c26-23-9-4-10-24(27)22(23)16-25(30)28-14-11-20(12-15-28)29-13-5-8-21(29)18-31-17-19-6-2-1-3-7-19/h1-4,6-7,9-10,20-21H,5,8,11-18H2. The largest absolute Gasteiger partial charge is 0.375 e. The van der Waals surface area contributed by atoms with Crippen molar-refractivity contribution in [3.63, 3.8) is 0 Å². The van der Waals surface area contributed by atoms with Crippen LogP contribution in [0.1, 0.15) is 36.8 Å². The number of rotatable bonds is 7. The van der Waals surface area contributed by atoms with Gasteiger partial charge in [0.1, 0.15) is 5.82 Å². The molecule has 1 unspecified atom stereocenters. The van der Waals surface area contributed by atoms with Crippen molar-refractivity contribution in [1.82, 2.24) is 9.80 Å². The first-order valence-corrected chi connectivity index (χ1v) is 11.6. The number of nitrogens with zero attached hydrogens (tertiary/aromatic N) is 2. The molecule has 6 heteroatoms. The van der Waals surface area contributed by atoms with Gasteiger partial charge in [-0.05, 0) is 49.9 Å². The average Bonchev–Trinajstić information content (AvgIpc) is 3.26. The highest BCUT2D eigenvalue weighted by atomic mass is 35.5. The first-order chi connectivity index (χ1) is 15.1. The molecule has 2 aliphatic heterocycles. The minimum atomic E-state index is -0.411. The summed E-state index contributed by atoms with van der Waals surface area (Å²) in [6, 6.07) is 15.8. The molecule has 0 bridgehead atoms. The third-order valence-electron chi connectivity index (χ3n) is 6.52. The summed E-state index contributed by atoms with van der Waals surface area (Å²) < 4.78 is 20.0. The number of amides is 1. The van der Waals surface area contributed by atoms with Gasteiger partial charge in [0, 0.05) is 35.8 Å². The van der Waals surface area contributed by atoms with E-state index in [0.717, 1.165) is 26.0 Å². The van der Waals surface area contributed by atoms with E-state index >= 15 is 0 Å². The van der Waals surface area contributed by atoms with Crippen LogP contribution in [0.5, 0.6) is 0 Å². The maximum absolute atomic E-state index is 14.0. The maximum atomic E-state index is 14.0. The van der Waals surface area contributed by atoms with Gasteiger partial charge < -0.3 is 9.64 Å². The molecule has 166 valence electrons. The second-order valence-corrected chi connectivity index (χ2v) is 8.93. The molecule has 0 radical (unpaired) electrons. The molecule has 1 atom stereocenters. The molecule has 0 spiro atoms. The topological polar surface area (TPSA) is 32.8 Å². The Kier molecular flexibility index (Phi) is 7.59. The molecule has 0 aliphatic carbocycles. The zero-order chi connectivity index (χ0) is 21.6. The molecule has 4 rings (SSSR count). The quantitative estimate of drug-likeness (QED) is 0.620. The van der Waals surface area contributed by atoms with Crippen molar-refractivity contribution in [3.05, 3.63) is 70.5 Å². The fourth-order valence-corrected chi connectivity index (χ4v) is 5.05. The summed E-state index contributed by atoms with van der Waals surface area (Å²) in [6.07, 6.45) is 4.29. The average molecular weight is 445 g/mol. The van der Waals surface area contributed by atoms with E-state index in [-0.39, 0.29) is 12.3 Å². The number of ether oxygens (including phenoxy) is 1. The van der Waals surface area contributed by atoms with Crippen LogP contribution >= 0.6 is 11.6 Å². The Hall–Kier alpha value is -1.95. The van der Waals surface area contributed by atoms with Crippen LogP contribution in [0.2, 0.25) is 5.02 Å². The van der Waals surface area contributed by atoms with E-state index in [4.69, 9.17) is 16.3 Å². The van der Waals surface area contributed by atoms with Crippen LogP contribution in [0, 0.1) is 5.82 Å². The van der Waals surface area contributed by atoms with Crippen molar-refractivity contribution in [1.29, 1.82) is 0 Å². The molecule has 2 heterocycles. The summed E-state index contributed by atoms with van der Waals surface area (Å²) in [4.78, 5) is 17.1. The fraction of sp³-hybridized carbons (Fsp3) is 0.480. The van der Waals surface area contributed by atoms with Crippen molar-refractivity contribution in [2.45, 2.75) is 50.8 Å². The molecule has 31 heavy (non-hydrogen) atoms. The number of hydrogen-bond acceptors (Lipinski definition) is 3. The Morgan fingerprint density at radius 3 is 2.55 bits per heavy atom. The van der Waals surface area contributed by atoms with E-state index in [9.17, 15) is 9.18 Å². The van der Waals surface area contributed by atoms with E-state index in [2.05, 4.69) is 17.0 Å². The highest BCUT2D eigenvalue weighted by Crippen LogP contribution is 2.27. The summed E-state index contributed by atoms with van der Waals surface area (Å²) in [5.41, 5.74) is 1.50. The normalized spacial score (nSPS) is 20.3. The first-order valence-electron chi connectivity index (χ1n) is 11.2. The molecule has 2 aliphatic rings.